The fraction of sp³-hybridized carbons (Fsp3) is 0.250. The molecule has 2 aromatic heterocycles. The van der Waals surface area contributed by atoms with E-state index in [1.807, 2.05) is 0 Å². The van der Waals surface area contributed by atoms with Crippen molar-refractivity contribution < 1.29 is 4.79 Å². The van der Waals surface area contributed by atoms with Crippen LogP contribution in [-0.4, -0.2) is 26.9 Å². The van der Waals surface area contributed by atoms with E-state index in [4.69, 9.17) is 5.73 Å². The fourth-order valence-electron chi connectivity index (χ4n) is 2.73. The highest BCUT2D eigenvalue weighted by molar-refractivity contribution is 7.15. The van der Waals surface area contributed by atoms with Crippen molar-refractivity contribution in [2.45, 2.75) is 25.3 Å². The van der Waals surface area contributed by atoms with E-state index in [1.54, 1.807) is 30.6 Å². The van der Waals surface area contributed by atoms with Crippen LogP contribution in [0.3, 0.4) is 0 Å². The molecule has 1 amide bonds. The number of aromatic nitrogens is 3. The molecule has 4 rings (SSSR count). The number of thiazole rings is 1. The van der Waals surface area contributed by atoms with Gasteiger partial charge in [-0.05, 0) is 37.5 Å². The van der Waals surface area contributed by atoms with E-state index in [9.17, 15) is 4.79 Å². The van der Waals surface area contributed by atoms with Gasteiger partial charge in [0.25, 0.3) is 5.91 Å². The largest absolute Gasteiger partial charge is 0.327 e. The first-order valence-corrected chi connectivity index (χ1v) is 8.27. The van der Waals surface area contributed by atoms with Crippen LogP contribution < -0.4 is 11.1 Å². The summed E-state index contributed by atoms with van der Waals surface area (Å²) < 4.78 is 0. The Morgan fingerprint density at radius 2 is 2.09 bits per heavy atom. The van der Waals surface area contributed by atoms with E-state index in [-0.39, 0.29) is 11.9 Å². The number of nitrogens with one attached hydrogen (secondary N) is 1. The normalized spacial score (nSPS) is 17.0. The molecule has 0 bridgehead atoms. The van der Waals surface area contributed by atoms with E-state index in [0.717, 1.165) is 30.5 Å². The number of amides is 1. The Kier molecular flexibility index (Phi) is 3.51. The zero-order chi connectivity index (χ0) is 15.8. The van der Waals surface area contributed by atoms with Crippen molar-refractivity contribution in [1.29, 1.82) is 0 Å². The van der Waals surface area contributed by atoms with Gasteiger partial charge < -0.3 is 5.73 Å². The molecule has 6 nitrogen and oxygen atoms in total. The molecule has 1 aliphatic carbocycles. The lowest BCUT2D eigenvalue weighted by atomic mass is 9.99. The summed E-state index contributed by atoms with van der Waals surface area (Å²) in [4.78, 5) is 26.5. The van der Waals surface area contributed by atoms with Gasteiger partial charge in [0.2, 0.25) is 0 Å². The second-order valence-electron chi connectivity index (χ2n) is 5.61. The van der Waals surface area contributed by atoms with E-state index < -0.39 is 0 Å². The van der Waals surface area contributed by atoms with Gasteiger partial charge in [0.1, 0.15) is 0 Å². The summed E-state index contributed by atoms with van der Waals surface area (Å²) in [7, 11) is 0. The average Bonchev–Trinajstić information content (AvgIpc) is 2.95. The lowest BCUT2D eigenvalue weighted by Gasteiger charge is -2.15. The van der Waals surface area contributed by atoms with E-state index >= 15 is 0 Å². The van der Waals surface area contributed by atoms with E-state index in [1.165, 1.54) is 16.2 Å². The summed E-state index contributed by atoms with van der Waals surface area (Å²) in [5.41, 5.74) is 9.06. The molecular weight excluding hydrogens is 310 g/mol. The number of aryl methyl sites for hydroxylation is 1. The summed E-state index contributed by atoms with van der Waals surface area (Å²) in [5, 5.41) is 3.51. The van der Waals surface area contributed by atoms with Crippen LogP contribution in [0.2, 0.25) is 0 Å². The minimum atomic E-state index is -0.187. The number of benzene rings is 1. The minimum absolute atomic E-state index is 0.187. The van der Waals surface area contributed by atoms with Crippen LogP contribution >= 0.6 is 11.3 Å². The Labute approximate surface area is 136 Å². The maximum atomic E-state index is 12.4. The van der Waals surface area contributed by atoms with Crippen LogP contribution in [0.5, 0.6) is 0 Å². The Bertz CT molecular complexity index is 891. The van der Waals surface area contributed by atoms with Crippen molar-refractivity contribution in [2.75, 3.05) is 5.32 Å². The molecule has 1 aromatic carbocycles. The topological polar surface area (TPSA) is 93.8 Å². The number of hydrogen-bond donors (Lipinski definition) is 2. The van der Waals surface area contributed by atoms with Crippen molar-refractivity contribution >= 4 is 33.4 Å². The smallest absolute Gasteiger partial charge is 0.257 e. The van der Waals surface area contributed by atoms with Crippen LogP contribution in [0, 0.1) is 0 Å². The second-order valence-corrected chi connectivity index (χ2v) is 6.69. The molecule has 7 heteroatoms. The predicted molar refractivity (Wildman–Crippen MR) is 89.6 cm³/mol. The third kappa shape index (κ3) is 2.80. The van der Waals surface area contributed by atoms with Gasteiger partial charge in [0.15, 0.2) is 5.13 Å². The molecule has 23 heavy (non-hydrogen) atoms. The van der Waals surface area contributed by atoms with Gasteiger partial charge in [0, 0.05) is 28.9 Å². The molecule has 0 fully saturated rings. The number of carbonyl (C=O) groups is 1. The molecule has 0 unspecified atom stereocenters. The second kappa shape index (κ2) is 5.68. The molecule has 0 spiro atoms. The monoisotopic (exact) mass is 325 g/mol. The molecule has 0 aliphatic heterocycles. The van der Waals surface area contributed by atoms with Crippen molar-refractivity contribution in [3.8, 4) is 0 Å². The zero-order valence-electron chi connectivity index (χ0n) is 12.3. The molecule has 0 saturated heterocycles. The molecular formula is C16H15N5OS. The zero-order valence-corrected chi connectivity index (χ0v) is 13.1. The maximum Gasteiger partial charge on any atom is 0.257 e. The number of hydrogen-bond acceptors (Lipinski definition) is 6. The summed E-state index contributed by atoms with van der Waals surface area (Å²) in [6.07, 6.45) is 5.92. The first kappa shape index (κ1) is 14.2. The summed E-state index contributed by atoms with van der Waals surface area (Å²) >= 11 is 1.51. The van der Waals surface area contributed by atoms with Crippen LogP contribution in [0.25, 0.3) is 11.0 Å². The standard InChI is InChI=1S/C16H15N5OS/c17-10-2-4-12-14(8-10)23-16(20-12)21-15(22)9-1-3-11-13(7-9)19-6-5-18-11/h1,3,5-7,10H,2,4,8,17H2,(H,20,21,22)/t10-/m0/s1. The van der Waals surface area contributed by atoms with Gasteiger partial charge in [-0.15, -0.1) is 11.3 Å². The average molecular weight is 325 g/mol. The van der Waals surface area contributed by atoms with Crippen molar-refractivity contribution in [2.24, 2.45) is 5.73 Å². The van der Waals surface area contributed by atoms with Gasteiger partial charge in [0.05, 0.1) is 16.7 Å². The quantitative estimate of drug-likeness (QED) is 0.753. The van der Waals surface area contributed by atoms with Crippen LogP contribution in [0.4, 0.5) is 5.13 Å². The number of anilines is 1. The van der Waals surface area contributed by atoms with Gasteiger partial charge in [-0.25, -0.2) is 4.98 Å². The van der Waals surface area contributed by atoms with Crippen LogP contribution in [0.15, 0.2) is 30.6 Å². The highest BCUT2D eigenvalue weighted by atomic mass is 32.1. The summed E-state index contributed by atoms with van der Waals surface area (Å²) in [6, 6.07) is 5.48. The first-order valence-electron chi connectivity index (χ1n) is 7.45. The number of nitrogens with two attached hydrogens (primary N) is 1. The SMILES string of the molecule is N[C@H]1CCc2nc(NC(=O)c3ccc4nccnc4c3)sc2C1. The fourth-order valence-corrected chi connectivity index (χ4v) is 3.82. The predicted octanol–water partition coefficient (Wildman–Crippen LogP) is 2.15. The molecule has 116 valence electrons. The van der Waals surface area contributed by atoms with E-state index in [0.29, 0.717) is 16.2 Å². The molecule has 3 N–H and O–H groups in total. The van der Waals surface area contributed by atoms with Crippen LogP contribution in [-0.2, 0) is 12.8 Å². The number of fused-ring (bicyclic) bond motifs is 2. The van der Waals surface area contributed by atoms with Crippen LogP contribution in [0.1, 0.15) is 27.3 Å². The van der Waals surface area contributed by atoms with Crippen molar-refractivity contribution in [3.05, 3.63) is 46.7 Å². The Morgan fingerprint density at radius 1 is 1.26 bits per heavy atom. The molecule has 3 aromatic rings. The molecule has 0 radical (unpaired) electrons. The Morgan fingerprint density at radius 3 is 2.96 bits per heavy atom. The van der Waals surface area contributed by atoms with Crippen molar-refractivity contribution in [3.63, 3.8) is 0 Å². The molecule has 0 saturated carbocycles. The third-order valence-electron chi connectivity index (χ3n) is 3.93. The third-order valence-corrected chi connectivity index (χ3v) is 4.97. The maximum absolute atomic E-state index is 12.4. The Hall–Kier alpha value is -2.38. The first-order chi connectivity index (χ1) is 11.2. The molecule has 2 heterocycles. The minimum Gasteiger partial charge on any atom is -0.327 e. The summed E-state index contributed by atoms with van der Waals surface area (Å²) in [6.45, 7) is 0. The molecule has 1 aliphatic rings. The lowest BCUT2D eigenvalue weighted by molar-refractivity contribution is 0.102. The van der Waals surface area contributed by atoms with E-state index in [2.05, 4.69) is 20.3 Å². The van der Waals surface area contributed by atoms with Gasteiger partial charge in [-0.3, -0.25) is 20.1 Å². The van der Waals surface area contributed by atoms with Gasteiger partial charge in [-0.1, -0.05) is 0 Å². The molecule has 1 atom stereocenters. The number of nitrogens with zero attached hydrogens (tertiary/aromatic N) is 3. The summed E-state index contributed by atoms with van der Waals surface area (Å²) in [5.74, 6) is -0.187. The highest BCUT2D eigenvalue weighted by Crippen LogP contribution is 2.29. The Balaban J connectivity index is 1.57. The number of rotatable bonds is 2. The van der Waals surface area contributed by atoms with Crippen molar-refractivity contribution in [1.82, 2.24) is 15.0 Å². The highest BCUT2D eigenvalue weighted by Gasteiger charge is 2.21. The number of carbonyl (C=O) groups excluding carboxylic acids is 1. The lowest BCUT2D eigenvalue weighted by Crippen LogP contribution is -2.27. The van der Waals surface area contributed by atoms with Gasteiger partial charge in [-0.2, -0.15) is 0 Å². The van der Waals surface area contributed by atoms with Gasteiger partial charge >= 0.3 is 0 Å².